The number of benzene rings is 1. The van der Waals surface area contributed by atoms with E-state index < -0.39 is 6.10 Å². The van der Waals surface area contributed by atoms with Gasteiger partial charge in [0.1, 0.15) is 0 Å². The van der Waals surface area contributed by atoms with E-state index in [1.165, 1.54) is 0 Å². The molecule has 0 amide bonds. The van der Waals surface area contributed by atoms with Crippen LogP contribution >= 0.6 is 0 Å². The second-order valence-corrected chi connectivity index (χ2v) is 5.17. The summed E-state index contributed by atoms with van der Waals surface area (Å²) in [4.78, 5) is 2.26. The Hall–Kier alpha value is -1.06. The zero-order valence-electron chi connectivity index (χ0n) is 11.3. The number of aliphatic hydroxyl groups excluding tert-OH is 1. The van der Waals surface area contributed by atoms with Gasteiger partial charge < -0.3 is 14.7 Å². The highest BCUT2D eigenvalue weighted by molar-refractivity contribution is 5.53. The summed E-state index contributed by atoms with van der Waals surface area (Å²) in [5, 5.41) is 9.81. The Kier molecular flexibility index (Phi) is 4.61. The standard InChI is InChI=1S/C15H23NO2/c1-12(17)14-5-3-4-6-15(14)16(2)11-13-7-9-18-10-8-13/h3-6,12-13,17H,7-11H2,1-2H3. The Labute approximate surface area is 109 Å². The van der Waals surface area contributed by atoms with Crippen LogP contribution in [0.3, 0.4) is 0 Å². The van der Waals surface area contributed by atoms with E-state index in [4.69, 9.17) is 4.74 Å². The highest BCUT2D eigenvalue weighted by Gasteiger charge is 2.18. The van der Waals surface area contributed by atoms with E-state index in [0.29, 0.717) is 5.92 Å². The van der Waals surface area contributed by atoms with Gasteiger partial charge in [0.25, 0.3) is 0 Å². The number of hydrogen-bond donors (Lipinski definition) is 1. The predicted octanol–water partition coefficient (Wildman–Crippen LogP) is 2.60. The lowest BCUT2D eigenvalue weighted by atomic mass is 9.99. The maximum Gasteiger partial charge on any atom is 0.0781 e. The fourth-order valence-electron chi connectivity index (χ4n) is 2.60. The molecule has 18 heavy (non-hydrogen) atoms. The van der Waals surface area contributed by atoms with Crippen LogP contribution in [-0.2, 0) is 4.74 Å². The van der Waals surface area contributed by atoms with Crippen molar-refractivity contribution < 1.29 is 9.84 Å². The number of anilines is 1. The molecule has 3 nitrogen and oxygen atoms in total. The number of ether oxygens (including phenoxy) is 1. The highest BCUT2D eigenvalue weighted by atomic mass is 16.5. The zero-order valence-corrected chi connectivity index (χ0v) is 11.3. The highest BCUT2D eigenvalue weighted by Crippen LogP contribution is 2.27. The van der Waals surface area contributed by atoms with Crippen LogP contribution in [0.2, 0.25) is 0 Å². The molecule has 3 heteroatoms. The molecule has 1 saturated heterocycles. The molecule has 1 N–H and O–H groups in total. The third-order valence-corrected chi connectivity index (χ3v) is 3.67. The average Bonchev–Trinajstić information content (AvgIpc) is 2.40. The molecule has 0 spiro atoms. The van der Waals surface area contributed by atoms with Crippen molar-refractivity contribution in [1.29, 1.82) is 0 Å². The Bertz CT molecular complexity index is 373. The summed E-state index contributed by atoms with van der Waals surface area (Å²) < 4.78 is 5.39. The fourth-order valence-corrected chi connectivity index (χ4v) is 2.60. The monoisotopic (exact) mass is 249 g/mol. The normalized spacial score (nSPS) is 18.6. The average molecular weight is 249 g/mol. The first-order valence-electron chi connectivity index (χ1n) is 6.74. The van der Waals surface area contributed by atoms with Gasteiger partial charge >= 0.3 is 0 Å². The van der Waals surface area contributed by atoms with Crippen molar-refractivity contribution in [3.05, 3.63) is 29.8 Å². The van der Waals surface area contributed by atoms with E-state index in [9.17, 15) is 5.11 Å². The van der Waals surface area contributed by atoms with Gasteiger partial charge in [-0.3, -0.25) is 0 Å². The number of aliphatic hydroxyl groups is 1. The lowest BCUT2D eigenvalue weighted by Crippen LogP contribution is -2.30. The van der Waals surface area contributed by atoms with Crippen LogP contribution in [-0.4, -0.2) is 31.9 Å². The second kappa shape index (κ2) is 6.21. The van der Waals surface area contributed by atoms with Gasteiger partial charge in [0, 0.05) is 38.1 Å². The molecule has 0 saturated carbocycles. The molecular formula is C15H23NO2. The largest absolute Gasteiger partial charge is 0.389 e. The number of nitrogens with zero attached hydrogens (tertiary/aromatic N) is 1. The summed E-state index contributed by atoms with van der Waals surface area (Å²) in [6.07, 6.45) is 1.86. The lowest BCUT2D eigenvalue weighted by Gasteiger charge is -2.30. The van der Waals surface area contributed by atoms with Crippen molar-refractivity contribution in [2.24, 2.45) is 5.92 Å². The van der Waals surface area contributed by atoms with E-state index in [1.807, 2.05) is 25.1 Å². The molecule has 1 heterocycles. The number of para-hydroxylation sites is 1. The van der Waals surface area contributed by atoms with Crippen LogP contribution in [0.5, 0.6) is 0 Å². The molecule has 1 fully saturated rings. The van der Waals surface area contributed by atoms with Crippen LogP contribution < -0.4 is 4.90 Å². The summed E-state index contributed by atoms with van der Waals surface area (Å²) in [7, 11) is 2.11. The van der Waals surface area contributed by atoms with E-state index in [1.54, 1.807) is 0 Å². The summed E-state index contributed by atoms with van der Waals surface area (Å²) in [5.74, 6) is 0.700. The van der Waals surface area contributed by atoms with Crippen molar-refractivity contribution in [3.8, 4) is 0 Å². The first-order chi connectivity index (χ1) is 8.68. The summed E-state index contributed by atoms with van der Waals surface area (Å²) in [5.41, 5.74) is 2.14. The Morgan fingerprint density at radius 2 is 2.00 bits per heavy atom. The lowest BCUT2D eigenvalue weighted by molar-refractivity contribution is 0.0685. The van der Waals surface area contributed by atoms with Gasteiger partial charge in [-0.25, -0.2) is 0 Å². The van der Waals surface area contributed by atoms with Crippen molar-refractivity contribution in [3.63, 3.8) is 0 Å². The third kappa shape index (κ3) is 3.24. The minimum absolute atomic E-state index is 0.418. The van der Waals surface area contributed by atoms with E-state index in [2.05, 4.69) is 18.0 Å². The molecule has 1 atom stereocenters. The van der Waals surface area contributed by atoms with Gasteiger partial charge in [-0.05, 0) is 31.7 Å². The molecule has 0 aromatic heterocycles. The fraction of sp³-hybridized carbons (Fsp3) is 0.600. The summed E-state index contributed by atoms with van der Waals surface area (Å²) in [6, 6.07) is 8.09. The van der Waals surface area contributed by atoms with Gasteiger partial charge in [-0.1, -0.05) is 18.2 Å². The minimum Gasteiger partial charge on any atom is -0.389 e. The van der Waals surface area contributed by atoms with Gasteiger partial charge in [-0.2, -0.15) is 0 Å². The second-order valence-electron chi connectivity index (χ2n) is 5.17. The molecule has 100 valence electrons. The van der Waals surface area contributed by atoms with Gasteiger partial charge in [0.05, 0.1) is 6.10 Å². The molecule has 1 unspecified atom stereocenters. The SMILES string of the molecule is CC(O)c1ccccc1N(C)CC1CCOCC1. The van der Waals surface area contributed by atoms with Crippen molar-refractivity contribution in [2.45, 2.75) is 25.9 Å². The first-order valence-corrected chi connectivity index (χ1v) is 6.74. The summed E-state index contributed by atoms with van der Waals surface area (Å²) >= 11 is 0. The molecular weight excluding hydrogens is 226 g/mol. The van der Waals surface area contributed by atoms with Crippen LogP contribution in [0.25, 0.3) is 0 Å². The van der Waals surface area contributed by atoms with Gasteiger partial charge in [-0.15, -0.1) is 0 Å². The summed E-state index contributed by atoms with van der Waals surface area (Å²) in [6.45, 7) is 4.63. The maximum atomic E-state index is 9.81. The topological polar surface area (TPSA) is 32.7 Å². The molecule has 1 aliphatic rings. The van der Waals surface area contributed by atoms with Crippen molar-refractivity contribution in [2.75, 3.05) is 31.7 Å². The smallest absolute Gasteiger partial charge is 0.0781 e. The quantitative estimate of drug-likeness (QED) is 0.890. The molecule has 2 rings (SSSR count). The maximum absolute atomic E-state index is 9.81. The van der Waals surface area contributed by atoms with Crippen LogP contribution in [0.4, 0.5) is 5.69 Å². The van der Waals surface area contributed by atoms with Crippen molar-refractivity contribution >= 4 is 5.69 Å². The van der Waals surface area contributed by atoms with Gasteiger partial charge in [0.15, 0.2) is 0 Å². The third-order valence-electron chi connectivity index (χ3n) is 3.67. The van der Waals surface area contributed by atoms with Crippen LogP contribution in [0.15, 0.2) is 24.3 Å². The Balaban J connectivity index is 2.05. The zero-order chi connectivity index (χ0) is 13.0. The number of hydrogen-bond acceptors (Lipinski definition) is 3. The predicted molar refractivity (Wildman–Crippen MR) is 73.9 cm³/mol. The van der Waals surface area contributed by atoms with Crippen LogP contribution in [0.1, 0.15) is 31.4 Å². The molecule has 1 aromatic rings. The van der Waals surface area contributed by atoms with E-state index >= 15 is 0 Å². The van der Waals surface area contributed by atoms with Crippen LogP contribution in [0, 0.1) is 5.92 Å². The van der Waals surface area contributed by atoms with E-state index in [-0.39, 0.29) is 0 Å². The molecule has 0 radical (unpaired) electrons. The molecule has 0 aliphatic carbocycles. The minimum atomic E-state index is -0.418. The molecule has 1 aromatic carbocycles. The molecule has 1 aliphatic heterocycles. The molecule has 0 bridgehead atoms. The Morgan fingerprint density at radius 3 is 2.67 bits per heavy atom. The number of rotatable bonds is 4. The Morgan fingerprint density at radius 1 is 1.33 bits per heavy atom. The van der Waals surface area contributed by atoms with Crippen molar-refractivity contribution in [1.82, 2.24) is 0 Å². The van der Waals surface area contributed by atoms with Gasteiger partial charge in [0.2, 0.25) is 0 Å². The van der Waals surface area contributed by atoms with E-state index in [0.717, 1.165) is 43.9 Å². The first kappa shape index (κ1) is 13.4.